The van der Waals surface area contributed by atoms with Gasteiger partial charge >= 0.3 is 5.97 Å². The van der Waals surface area contributed by atoms with Gasteiger partial charge < -0.3 is 15.4 Å². The van der Waals surface area contributed by atoms with Crippen molar-refractivity contribution in [3.05, 3.63) is 70.4 Å². The number of ether oxygens (including phenoxy) is 1. The molecule has 0 spiro atoms. The van der Waals surface area contributed by atoms with Gasteiger partial charge in [-0.2, -0.15) is 4.98 Å². The normalized spacial score (nSPS) is 10.5. The second-order valence-corrected chi connectivity index (χ2v) is 6.81. The van der Waals surface area contributed by atoms with Crippen molar-refractivity contribution in [2.75, 3.05) is 17.7 Å². The van der Waals surface area contributed by atoms with E-state index in [1.165, 1.54) is 12.7 Å². The van der Waals surface area contributed by atoms with E-state index in [-0.39, 0.29) is 5.97 Å². The number of carbonyl (C=O) groups is 1. The lowest BCUT2D eigenvalue weighted by Gasteiger charge is -2.14. The summed E-state index contributed by atoms with van der Waals surface area (Å²) in [5, 5.41) is 6.59. The summed E-state index contributed by atoms with van der Waals surface area (Å²) < 4.78 is 4.72. The Morgan fingerprint density at radius 3 is 2.14 bits per heavy atom. The number of esters is 1. The molecule has 6 heteroatoms. The molecule has 6 nitrogen and oxygen atoms in total. The first kappa shape index (κ1) is 19.4. The number of nitrogens with zero attached hydrogens (tertiary/aromatic N) is 2. The lowest BCUT2D eigenvalue weighted by Crippen LogP contribution is -2.05. The molecule has 1 heterocycles. The molecule has 0 atom stereocenters. The lowest BCUT2D eigenvalue weighted by molar-refractivity contribution is 0.0601. The maximum atomic E-state index is 11.6. The molecule has 2 aromatic carbocycles. The highest BCUT2D eigenvalue weighted by Gasteiger charge is 2.09. The zero-order valence-corrected chi connectivity index (χ0v) is 16.8. The largest absolute Gasteiger partial charge is 0.465 e. The number of aromatic nitrogens is 2. The van der Waals surface area contributed by atoms with Crippen molar-refractivity contribution < 1.29 is 9.53 Å². The maximum Gasteiger partial charge on any atom is 0.337 e. The van der Waals surface area contributed by atoms with Crippen molar-refractivity contribution in [3.8, 4) is 0 Å². The molecular formula is C22H24N4O2. The number of hydrogen-bond donors (Lipinski definition) is 2. The molecule has 0 radical (unpaired) electrons. The molecule has 2 N–H and O–H groups in total. The number of methoxy groups -OCH3 is 1. The Morgan fingerprint density at radius 2 is 1.54 bits per heavy atom. The van der Waals surface area contributed by atoms with Gasteiger partial charge in [0.25, 0.3) is 0 Å². The van der Waals surface area contributed by atoms with Gasteiger partial charge in [0.2, 0.25) is 5.95 Å². The van der Waals surface area contributed by atoms with Gasteiger partial charge in [-0.25, -0.2) is 9.78 Å². The van der Waals surface area contributed by atoms with Gasteiger partial charge in [0, 0.05) is 23.1 Å². The maximum absolute atomic E-state index is 11.6. The van der Waals surface area contributed by atoms with Crippen LogP contribution in [0.1, 0.15) is 32.7 Å². The molecule has 0 saturated carbocycles. The quantitative estimate of drug-likeness (QED) is 0.611. The third-order valence-electron chi connectivity index (χ3n) is 4.35. The standard InChI is InChI=1S/C22H24N4O2/c1-13-10-14(2)20(15(3)11-13)26-22-23-16(4)12-19(25-22)24-18-8-6-17(7-9-18)21(27)28-5/h6-12H,1-5H3,(H2,23,24,25,26). The van der Waals surface area contributed by atoms with Crippen molar-refractivity contribution in [1.82, 2.24) is 9.97 Å². The van der Waals surface area contributed by atoms with Gasteiger partial charge in [-0.3, -0.25) is 0 Å². The third kappa shape index (κ3) is 4.46. The summed E-state index contributed by atoms with van der Waals surface area (Å²) in [6.07, 6.45) is 0. The predicted molar refractivity (Wildman–Crippen MR) is 112 cm³/mol. The zero-order chi connectivity index (χ0) is 20.3. The lowest BCUT2D eigenvalue weighted by atomic mass is 10.1. The van der Waals surface area contributed by atoms with Crippen LogP contribution < -0.4 is 10.6 Å². The van der Waals surface area contributed by atoms with Gasteiger partial charge in [0.1, 0.15) is 5.82 Å². The highest BCUT2D eigenvalue weighted by molar-refractivity contribution is 5.89. The van der Waals surface area contributed by atoms with Gasteiger partial charge in [0.15, 0.2) is 0 Å². The SMILES string of the molecule is COC(=O)c1ccc(Nc2cc(C)nc(Nc3c(C)cc(C)cc3C)n2)cc1. The van der Waals surface area contributed by atoms with Crippen LogP contribution in [-0.2, 0) is 4.74 Å². The topological polar surface area (TPSA) is 76.1 Å². The minimum absolute atomic E-state index is 0.361. The Kier molecular flexibility index (Phi) is 5.59. The van der Waals surface area contributed by atoms with Crippen LogP contribution in [0.3, 0.4) is 0 Å². The third-order valence-corrected chi connectivity index (χ3v) is 4.35. The summed E-state index contributed by atoms with van der Waals surface area (Å²) in [7, 11) is 1.37. The molecule has 0 aliphatic carbocycles. The predicted octanol–water partition coefficient (Wildman–Crippen LogP) is 4.98. The van der Waals surface area contributed by atoms with E-state index in [2.05, 4.69) is 53.5 Å². The first-order valence-corrected chi connectivity index (χ1v) is 9.01. The molecule has 144 valence electrons. The molecule has 0 unspecified atom stereocenters. The van der Waals surface area contributed by atoms with Crippen molar-refractivity contribution in [2.45, 2.75) is 27.7 Å². The van der Waals surface area contributed by atoms with E-state index in [0.717, 1.165) is 28.2 Å². The number of rotatable bonds is 5. The van der Waals surface area contributed by atoms with E-state index in [0.29, 0.717) is 17.3 Å². The van der Waals surface area contributed by atoms with Crippen molar-refractivity contribution in [2.24, 2.45) is 0 Å². The number of anilines is 4. The van der Waals surface area contributed by atoms with E-state index in [4.69, 9.17) is 4.74 Å². The Hall–Kier alpha value is -3.41. The van der Waals surface area contributed by atoms with Crippen LogP contribution in [0.4, 0.5) is 23.1 Å². The van der Waals surface area contributed by atoms with Crippen LogP contribution in [0, 0.1) is 27.7 Å². The second kappa shape index (κ2) is 8.08. The van der Waals surface area contributed by atoms with Gasteiger partial charge in [-0.15, -0.1) is 0 Å². The number of hydrogen-bond acceptors (Lipinski definition) is 6. The zero-order valence-electron chi connectivity index (χ0n) is 16.8. The summed E-state index contributed by atoms with van der Waals surface area (Å²) in [4.78, 5) is 20.6. The fourth-order valence-electron chi connectivity index (χ4n) is 3.13. The highest BCUT2D eigenvalue weighted by atomic mass is 16.5. The first-order chi connectivity index (χ1) is 13.4. The van der Waals surface area contributed by atoms with E-state index < -0.39 is 0 Å². The Balaban J connectivity index is 1.83. The molecule has 0 fully saturated rings. The van der Waals surface area contributed by atoms with Crippen LogP contribution >= 0.6 is 0 Å². The molecule has 0 aliphatic rings. The fourth-order valence-corrected chi connectivity index (χ4v) is 3.13. The number of aryl methyl sites for hydroxylation is 4. The summed E-state index contributed by atoms with van der Waals surface area (Å²) in [5.41, 5.74) is 6.70. The van der Waals surface area contributed by atoms with E-state index >= 15 is 0 Å². The first-order valence-electron chi connectivity index (χ1n) is 9.01. The molecule has 28 heavy (non-hydrogen) atoms. The summed E-state index contributed by atoms with van der Waals surface area (Å²) in [5.74, 6) is 0.840. The molecule has 0 aliphatic heterocycles. The van der Waals surface area contributed by atoms with Gasteiger partial charge in [0.05, 0.1) is 12.7 Å². The highest BCUT2D eigenvalue weighted by Crippen LogP contribution is 2.26. The molecule has 0 amide bonds. The average molecular weight is 376 g/mol. The fraction of sp³-hybridized carbons (Fsp3) is 0.227. The van der Waals surface area contributed by atoms with E-state index in [1.807, 2.05) is 25.1 Å². The van der Waals surface area contributed by atoms with Crippen LogP contribution in [0.15, 0.2) is 42.5 Å². The number of benzene rings is 2. The van der Waals surface area contributed by atoms with Crippen molar-refractivity contribution >= 4 is 29.1 Å². The molecule has 3 aromatic rings. The molecular weight excluding hydrogens is 352 g/mol. The van der Waals surface area contributed by atoms with Gasteiger partial charge in [-0.1, -0.05) is 17.7 Å². The number of carbonyl (C=O) groups excluding carboxylic acids is 1. The van der Waals surface area contributed by atoms with Crippen molar-refractivity contribution in [3.63, 3.8) is 0 Å². The number of nitrogens with one attached hydrogen (secondary N) is 2. The van der Waals surface area contributed by atoms with Crippen molar-refractivity contribution in [1.29, 1.82) is 0 Å². The molecule has 0 bridgehead atoms. The smallest absolute Gasteiger partial charge is 0.337 e. The van der Waals surface area contributed by atoms with Crippen LogP contribution in [0.25, 0.3) is 0 Å². The van der Waals surface area contributed by atoms with E-state index in [9.17, 15) is 4.79 Å². The van der Waals surface area contributed by atoms with Crippen LogP contribution in [-0.4, -0.2) is 23.0 Å². The minimum atomic E-state index is -0.361. The Morgan fingerprint density at radius 1 is 0.893 bits per heavy atom. The summed E-state index contributed by atoms with van der Waals surface area (Å²) >= 11 is 0. The summed E-state index contributed by atoms with van der Waals surface area (Å²) in [6.45, 7) is 8.15. The van der Waals surface area contributed by atoms with Crippen LogP contribution in [0.2, 0.25) is 0 Å². The van der Waals surface area contributed by atoms with E-state index in [1.54, 1.807) is 12.1 Å². The monoisotopic (exact) mass is 376 g/mol. The molecule has 3 rings (SSSR count). The Bertz CT molecular complexity index is 991. The van der Waals surface area contributed by atoms with Crippen LogP contribution in [0.5, 0.6) is 0 Å². The minimum Gasteiger partial charge on any atom is -0.465 e. The average Bonchev–Trinajstić information content (AvgIpc) is 2.64. The molecule has 0 saturated heterocycles. The van der Waals surface area contributed by atoms with Gasteiger partial charge in [-0.05, 0) is 63.1 Å². The molecule has 1 aromatic heterocycles. The summed E-state index contributed by atoms with van der Waals surface area (Å²) in [6, 6.07) is 13.2. The second-order valence-electron chi connectivity index (χ2n) is 6.81. The Labute approximate surface area is 165 Å².